The third-order valence-electron chi connectivity index (χ3n) is 7.82. The highest BCUT2D eigenvalue weighted by Crippen LogP contribution is 2.54. The average Bonchev–Trinajstić information content (AvgIpc) is 2.79. The van der Waals surface area contributed by atoms with Crippen LogP contribution in [0.15, 0.2) is 76.0 Å². The summed E-state index contributed by atoms with van der Waals surface area (Å²) in [7, 11) is -3.81. The van der Waals surface area contributed by atoms with Crippen LogP contribution in [-0.4, -0.2) is 24.9 Å². The summed E-state index contributed by atoms with van der Waals surface area (Å²) >= 11 is 6.20. The highest BCUT2D eigenvalue weighted by molar-refractivity contribution is 7.89. The molecule has 0 spiro atoms. The van der Waals surface area contributed by atoms with Crippen LogP contribution >= 0.6 is 11.6 Å². The lowest BCUT2D eigenvalue weighted by molar-refractivity contribution is -0.119. The van der Waals surface area contributed by atoms with Crippen LogP contribution in [0.4, 0.5) is 0 Å². The number of ketones is 2. The Balaban J connectivity index is 1.71. The molecule has 0 fully saturated rings. The van der Waals surface area contributed by atoms with Crippen LogP contribution in [0.1, 0.15) is 70.4 Å². The van der Waals surface area contributed by atoms with Crippen molar-refractivity contribution in [2.45, 2.75) is 70.7 Å². The fraction of sp³-hybridized carbons (Fsp3) is 0.400. The maximum Gasteiger partial charge on any atom is 0.238 e. The normalized spacial score (nSPS) is 21.5. The van der Waals surface area contributed by atoms with E-state index in [0.717, 1.165) is 22.5 Å². The Morgan fingerprint density at radius 2 is 1.29 bits per heavy atom. The van der Waals surface area contributed by atoms with Crippen LogP contribution in [-0.2, 0) is 26.2 Å². The van der Waals surface area contributed by atoms with Crippen LogP contribution in [0.2, 0.25) is 5.02 Å². The summed E-state index contributed by atoms with van der Waals surface area (Å²) in [6.07, 6.45) is 2.21. The van der Waals surface area contributed by atoms with Crippen LogP contribution < -0.4 is 5.14 Å². The van der Waals surface area contributed by atoms with E-state index >= 15 is 0 Å². The fourth-order valence-corrected chi connectivity index (χ4v) is 6.84. The SMILES string of the molecule is CC1(C)CC(=O)C2=C(C1)N(Cc1ccc(S(N)(=O)=O)cc1)C1=C(C(=O)CC(C)(C)C1)C2c1ccc(Cl)cc1. The van der Waals surface area contributed by atoms with Crippen molar-refractivity contribution in [1.29, 1.82) is 0 Å². The second-order valence-electron chi connectivity index (χ2n) is 12.4. The molecule has 0 aromatic heterocycles. The minimum Gasteiger partial charge on any atom is -0.343 e. The quantitative estimate of drug-likeness (QED) is 0.511. The minimum atomic E-state index is -3.81. The molecule has 0 amide bonds. The molecule has 0 saturated heterocycles. The van der Waals surface area contributed by atoms with Crippen molar-refractivity contribution in [3.63, 3.8) is 0 Å². The first-order valence-corrected chi connectivity index (χ1v) is 14.7. The number of benzene rings is 2. The molecule has 200 valence electrons. The van der Waals surface area contributed by atoms with Gasteiger partial charge in [-0.25, -0.2) is 13.6 Å². The number of rotatable bonds is 4. The lowest BCUT2D eigenvalue weighted by Gasteiger charge is -2.49. The molecule has 0 saturated carbocycles. The smallest absolute Gasteiger partial charge is 0.238 e. The van der Waals surface area contributed by atoms with Gasteiger partial charge in [-0.15, -0.1) is 0 Å². The van der Waals surface area contributed by atoms with Crippen molar-refractivity contribution in [2.24, 2.45) is 16.0 Å². The van der Waals surface area contributed by atoms with E-state index < -0.39 is 15.9 Å². The molecule has 2 aliphatic carbocycles. The number of carbonyl (C=O) groups is 2. The van der Waals surface area contributed by atoms with Crippen LogP contribution in [0.5, 0.6) is 0 Å². The van der Waals surface area contributed by atoms with Crippen molar-refractivity contribution < 1.29 is 18.0 Å². The molecule has 2 N–H and O–H groups in total. The first kappa shape index (κ1) is 26.9. The third kappa shape index (κ3) is 4.99. The Morgan fingerprint density at radius 1 is 0.816 bits per heavy atom. The molecule has 0 bridgehead atoms. The first-order chi connectivity index (χ1) is 17.7. The fourth-order valence-electron chi connectivity index (χ4n) is 6.19. The number of sulfonamides is 1. The van der Waals surface area contributed by atoms with E-state index in [9.17, 15) is 18.0 Å². The summed E-state index contributed by atoms with van der Waals surface area (Å²) in [5.74, 6) is -0.296. The molecule has 2 aromatic rings. The molecule has 38 heavy (non-hydrogen) atoms. The zero-order valence-corrected chi connectivity index (χ0v) is 23.7. The molecule has 0 unspecified atom stereocenters. The summed E-state index contributed by atoms with van der Waals surface area (Å²) in [6.45, 7) is 8.83. The maximum absolute atomic E-state index is 13.8. The van der Waals surface area contributed by atoms with Crippen LogP contribution in [0, 0.1) is 10.8 Å². The largest absolute Gasteiger partial charge is 0.343 e. The maximum atomic E-state index is 13.8. The second kappa shape index (κ2) is 9.18. The number of hydrogen-bond donors (Lipinski definition) is 1. The van der Waals surface area contributed by atoms with Gasteiger partial charge in [0.15, 0.2) is 11.6 Å². The lowest BCUT2D eigenvalue weighted by Crippen LogP contribution is -2.44. The van der Waals surface area contributed by atoms with E-state index in [0.29, 0.717) is 48.4 Å². The molecule has 2 aromatic carbocycles. The van der Waals surface area contributed by atoms with Crippen molar-refractivity contribution in [3.8, 4) is 0 Å². The monoisotopic (exact) mass is 552 g/mol. The number of primary sulfonamides is 1. The van der Waals surface area contributed by atoms with Crippen molar-refractivity contribution in [3.05, 3.63) is 87.2 Å². The molecule has 0 atom stereocenters. The van der Waals surface area contributed by atoms with Gasteiger partial charge in [-0.05, 0) is 59.1 Å². The number of nitrogens with two attached hydrogens (primary N) is 1. The van der Waals surface area contributed by atoms with Crippen molar-refractivity contribution in [2.75, 3.05) is 0 Å². The van der Waals surface area contributed by atoms with E-state index in [1.807, 2.05) is 24.3 Å². The van der Waals surface area contributed by atoms with Gasteiger partial charge in [0.05, 0.1) is 4.90 Å². The Hall–Kier alpha value is -2.74. The van der Waals surface area contributed by atoms with Gasteiger partial charge in [-0.1, -0.05) is 63.6 Å². The van der Waals surface area contributed by atoms with Crippen molar-refractivity contribution >= 4 is 33.2 Å². The Morgan fingerprint density at radius 3 is 1.74 bits per heavy atom. The molecule has 6 nitrogen and oxygen atoms in total. The number of carbonyl (C=O) groups excluding carboxylic acids is 2. The van der Waals surface area contributed by atoms with Gasteiger partial charge in [0.1, 0.15) is 0 Å². The molecule has 1 aliphatic heterocycles. The number of Topliss-reactive ketones (excluding diaryl/α,β-unsaturated/α-hetero) is 2. The first-order valence-electron chi connectivity index (χ1n) is 12.8. The van der Waals surface area contributed by atoms with Gasteiger partial charge in [0.2, 0.25) is 10.0 Å². The molecular formula is C30H33ClN2O4S. The predicted octanol–water partition coefficient (Wildman–Crippen LogP) is 5.87. The van der Waals surface area contributed by atoms with E-state index in [2.05, 4.69) is 32.6 Å². The van der Waals surface area contributed by atoms with Gasteiger partial charge in [0.25, 0.3) is 0 Å². The molecule has 0 radical (unpaired) electrons. The second-order valence-corrected chi connectivity index (χ2v) is 14.4. The van der Waals surface area contributed by atoms with E-state index in [1.165, 1.54) is 12.1 Å². The molecule has 8 heteroatoms. The number of allylic oxidation sites excluding steroid dienone is 4. The van der Waals surface area contributed by atoms with Crippen LogP contribution in [0.3, 0.4) is 0 Å². The molecular weight excluding hydrogens is 520 g/mol. The Labute approximate surface area is 229 Å². The molecule has 5 rings (SSSR count). The van der Waals surface area contributed by atoms with Gasteiger partial charge in [0, 0.05) is 52.9 Å². The third-order valence-corrected chi connectivity index (χ3v) is 9.00. The van der Waals surface area contributed by atoms with Crippen LogP contribution in [0.25, 0.3) is 0 Å². The molecule has 1 heterocycles. The minimum absolute atomic E-state index is 0.0467. The van der Waals surface area contributed by atoms with Gasteiger partial charge < -0.3 is 4.90 Å². The van der Waals surface area contributed by atoms with Gasteiger partial charge in [-0.2, -0.15) is 0 Å². The zero-order chi connectivity index (χ0) is 27.6. The lowest BCUT2D eigenvalue weighted by atomic mass is 9.63. The summed E-state index contributed by atoms with van der Waals surface area (Å²) < 4.78 is 23.6. The van der Waals surface area contributed by atoms with E-state index in [-0.39, 0.29) is 27.3 Å². The summed E-state index contributed by atoms with van der Waals surface area (Å²) in [6, 6.07) is 14.0. The van der Waals surface area contributed by atoms with E-state index in [1.54, 1.807) is 12.1 Å². The Kier molecular flexibility index (Phi) is 6.49. The standard InChI is InChI=1S/C30H33ClN2O4S/c1-29(2)13-22-27(24(34)15-29)26(19-7-9-20(31)10-8-19)28-23(14-30(3,4)16-25(28)35)33(22)17-18-5-11-21(12-6-18)38(32,36)37/h5-12,26H,13-17H2,1-4H3,(H2,32,36,37). The number of nitrogens with zero attached hydrogens (tertiary/aromatic N) is 1. The Bertz CT molecular complexity index is 1450. The highest BCUT2D eigenvalue weighted by Gasteiger charge is 2.48. The zero-order valence-electron chi connectivity index (χ0n) is 22.2. The summed E-state index contributed by atoms with van der Waals surface area (Å²) in [5, 5.41) is 5.90. The molecule has 3 aliphatic rings. The topological polar surface area (TPSA) is 97.5 Å². The predicted molar refractivity (Wildman–Crippen MR) is 148 cm³/mol. The number of hydrogen-bond acceptors (Lipinski definition) is 5. The van der Waals surface area contributed by atoms with Gasteiger partial charge in [-0.3, -0.25) is 9.59 Å². The number of halogens is 1. The van der Waals surface area contributed by atoms with Gasteiger partial charge >= 0.3 is 0 Å². The summed E-state index contributed by atoms with van der Waals surface area (Å²) in [5.41, 5.74) is 4.58. The average molecular weight is 553 g/mol. The summed E-state index contributed by atoms with van der Waals surface area (Å²) in [4.78, 5) is 29.9. The van der Waals surface area contributed by atoms with E-state index in [4.69, 9.17) is 16.7 Å². The van der Waals surface area contributed by atoms with Crippen molar-refractivity contribution in [1.82, 2.24) is 4.90 Å². The highest BCUT2D eigenvalue weighted by atomic mass is 35.5.